The van der Waals surface area contributed by atoms with Gasteiger partial charge < -0.3 is 9.13 Å². The van der Waals surface area contributed by atoms with E-state index >= 15 is 0 Å². The zero-order valence-corrected chi connectivity index (χ0v) is 51.5. The number of rotatable bonds is 12. The first-order chi connectivity index (χ1) is 47.5. The van der Waals surface area contributed by atoms with Crippen molar-refractivity contribution in [1.82, 2.24) is 39.0 Å². The van der Waals surface area contributed by atoms with Gasteiger partial charge in [-0.3, -0.25) is 0 Å². The Morgan fingerprint density at radius 2 is 0.573 bits per heavy atom. The molecule has 4 heterocycles. The van der Waals surface area contributed by atoms with Crippen molar-refractivity contribution in [3.05, 3.63) is 327 Å². The smallest absolute Gasteiger partial charge is 0.164 e. The lowest BCUT2D eigenvalue weighted by Crippen LogP contribution is -2.02. The number of nitriles is 2. The molecule has 10 heteroatoms. The van der Waals surface area contributed by atoms with Crippen LogP contribution in [0.5, 0.6) is 0 Å². The molecule has 13 aromatic carbocycles. The van der Waals surface area contributed by atoms with Crippen molar-refractivity contribution in [1.29, 1.82) is 10.5 Å². The fourth-order valence-electron chi connectivity index (χ4n) is 13.4. The number of para-hydroxylation sites is 2. The molecule has 446 valence electrons. The summed E-state index contributed by atoms with van der Waals surface area (Å²) >= 11 is 0. The maximum Gasteiger partial charge on any atom is 0.164 e. The number of hydrogen-bond acceptors (Lipinski definition) is 8. The Kier molecular flexibility index (Phi) is 14.1. The Morgan fingerprint density at radius 3 is 1.07 bits per heavy atom. The number of benzene rings is 13. The van der Waals surface area contributed by atoms with Crippen LogP contribution in [0.2, 0.25) is 0 Å². The molecule has 0 saturated carbocycles. The summed E-state index contributed by atoms with van der Waals surface area (Å²) in [7, 11) is 0. The highest BCUT2D eigenvalue weighted by Gasteiger charge is 2.23. The molecule has 0 fully saturated rings. The minimum absolute atomic E-state index is 0.515. The van der Waals surface area contributed by atoms with E-state index in [1.807, 2.05) is 170 Å². The van der Waals surface area contributed by atoms with Crippen LogP contribution in [-0.2, 0) is 0 Å². The number of nitrogens with zero attached hydrogens (tertiary/aromatic N) is 10. The van der Waals surface area contributed by atoms with Gasteiger partial charge in [0.05, 0.1) is 51.0 Å². The van der Waals surface area contributed by atoms with E-state index in [1.54, 1.807) is 0 Å². The zero-order chi connectivity index (χ0) is 64.1. The summed E-state index contributed by atoms with van der Waals surface area (Å²) in [6.45, 7) is 0. The van der Waals surface area contributed by atoms with E-state index in [0.29, 0.717) is 46.1 Å². The molecule has 0 spiro atoms. The molecule has 0 amide bonds. The van der Waals surface area contributed by atoms with E-state index < -0.39 is 0 Å². The number of fused-ring (bicyclic) bond motifs is 6. The summed E-state index contributed by atoms with van der Waals surface area (Å²) in [4.78, 5) is 31.4. The van der Waals surface area contributed by atoms with Crippen LogP contribution in [0.1, 0.15) is 11.1 Å². The molecule has 0 unspecified atom stereocenters. The molecule has 17 rings (SSSR count). The summed E-state index contributed by atoms with van der Waals surface area (Å²) in [5, 5.41) is 24.8. The lowest BCUT2D eigenvalue weighted by molar-refractivity contribution is 1.07. The molecule has 96 heavy (non-hydrogen) atoms. The monoisotopic (exact) mass is 1220 g/mol. The lowest BCUT2D eigenvalue weighted by atomic mass is 9.95. The van der Waals surface area contributed by atoms with Crippen LogP contribution in [0, 0.1) is 22.7 Å². The van der Waals surface area contributed by atoms with Crippen molar-refractivity contribution in [2.24, 2.45) is 0 Å². The maximum atomic E-state index is 10.3. The van der Waals surface area contributed by atoms with Gasteiger partial charge in [0.2, 0.25) is 0 Å². The van der Waals surface area contributed by atoms with Gasteiger partial charge in [0.25, 0.3) is 0 Å². The predicted octanol–water partition coefficient (Wildman–Crippen LogP) is 20.7. The van der Waals surface area contributed by atoms with Gasteiger partial charge in [-0.15, -0.1) is 0 Å². The van der Waals surface area contributed by atoms with E-state index in [-0.39, 0.29) is 0 Å². The fourth-order valence-corrected chi connectivity index (χ4v) is 13.4. The van der Waals surface area contributed by atoms with Crippen molar-refractivity contribution in [3.8, 4) is 136 Å². The van der Waals surface area contributed by atoms with Gasteiger partial charge >= 0.3 is 0 Å². The summed E-state index contributed by atoms with van der Waals surface area (Å²) in [5.41, 5.74) is 19.6. The third-order valence-electron chi connectivity index (χ3n) is 17.9. The van der Waals surface area contributed by atoms with Crippen LogP contribution in [0.3, 0.4) is 0 Å². The third kappa shape index (κ3) is 10.2. The van der Waals surface area contributed by atoms with E-state index in [9.17, 15) is 10.5 Å². The minimum Gasteiger partial charge on any atom is -0.309 e. The molecule has 0 N–H and O–H groups in total. The Balaban J connectivity index is 0.908. The average Bonchev–Trinajstić information content (AvgIpc) is 1.98. The van der Waals surface area contributed by atoms with Gasteiger partial charge in [-0.25, -0.2) is 29.9 Å². The van der Waals surface area contributed by atoms with E-state index in [2.05, 4.69) is 167 Å². The predicted molar refractivity (Wildman–Crippen MR) is 386 cm³/mol. The van der Waals surface area contributed by atoms with Crippen LogP contribution in [0.25, 0.3) is 168 Å². The molecule has 10 nitrogen and oxygen atoms in total. The largest absolute Gasteiger partial charge is 0.309 e. The zero-order valence-electron chi connectivity index (χ0n) is 51.5. The molecule has 0 atom stereocenters. The second-order valence-corrected chi connectivity index (χ2v) is 23.6. The topological polar surface area (TPSA) is 135 Å². The summed E-state index contributed by atoms with van der Waals surface area (Å²) in [5.74, 6) is 3.29. The second-order valence-electron chi connectivity index (χ2n) is 23.6. The molecule has 0 bridgehead atoms. The van der Waals surface area contributed by atoms with Gasteiger partial charge in [-0.05, 0) is 130 Å². The Hall–Kier alpha value is -13.5. The van der Waals surface area contributed by atoms with Crippen LogP contribution in [0.15, 0.2) is 315 Å². The maximum absolute atomic E-state index is 10.3. The molecule has 4 aromatic heterocycles. The van der Waals surface area contributed by atoms with Crippen LogP contribution in [-0.4, -0.2) is 39.0 Å². The molecule has 0 aliphatic rings. The molecular weight excluding hydrogens is 1170 g/mol. The van der Waals surface area contributed by atoms with Gasteiger partial charge in [-0.2, -0.15) is 10.5 Å². The van der Waals surface area contributed by atoms with E-state index in [1.165, 1.54) is 0 Å². The SMILES string of the molecule is N#Cc1ccccc1-c1ccc2c(c1)c1ccccc1n2-c1cc(-c2cccc(-c3cc(-c4nc(-c5ccccc5)nc(-c5ccccc5)n4)ccc3-n3c4ccccc4c4cc(-c5ccccc5C#N)ccc43)c2)cc(-c2nc(-c3ccccc3)nc(-c3ccccc3)n2)c1. The van der Waals surface area contributed by atoms with Crippen molar-refractivity contribution in [3.63, 3.8) is 0 Å². The highest BCUT2D eigenvalue weighted by molar-refractivity contribution is 6.12. The van der Waals surface area contributed by atoms with Crippen molar-refractivity contribution in [2.75, 3.05) is 0 Å². The molecule has 0 aliphatic heterocycles. The quantitative estimate of drug-likeness (QED) is 0.118. The molecule has 17 aromatic rings. The Labute approximate surface area is 553 Å². The standard InChI is InChI=1S/C86H52N10/c87-53-64-30-13-15-34-69(64)61-40-43-79-74(50-61)71-36-17-19-38-76(71)95(79)68-48-66(47-67(49-68)86-93-83(57-26-9-3-10-27-57)90-84(94-86)58-28-11-4-12-29-58)59-32-21-33-60(46-59)73-52-63(85-91-81(55-22-5-1-6-23-55)89-82(92-85)56-24-7-2-8-25-56)42-45-78(73)96-77-39-20-18-37-72(77)75-51-62(41-44-80(75)96)70-35-16-14-31-65(70)54-88/h1-52H. The third-order valence-corrected chi connectivity index (χ3v) is 17.9. The van der Waals surface area contributed by atoms with Crippen LogP contribution >= 0.6 is 0 Å². The van der Waals surface area contributed by atoms with E-state index in [0.717, 1.165) is 133 Å². The summed E-state index contributed by atoms with van der Waals surface area (Å²) in [6, 6.07) is 113. The first kappa shape index (κ1) is 56.4. The normalized spacial score (nSPS) is 11.3. The fraction of sp³-hybridized carbons (Fsp3) is 0. The highest BCUT2D eigenvalue weighted by Crippen LogP contribution is 2.43. The first-order valence-electron chi connectivity index (χ1n) is 31.7. The van der Waals surface area contributed by atoms with E-state index in [4.69, 9.17) is 29.9 Å². The van der Waals surface area contributed by atoms with Crippen molar-refractivity contribution < 1.29 is 0 Å². The van der Waals surface area contributed by atoms with Gasteiger partial charge in [0, 0.05) is 66.2 Å². The average molecular weight is 1230 g/mol. The van der Waals surface area contributed by atoms with Gasteiger partial charge in [0.15, 0.2) is 34.9 Å². The number of aromatic nitrogens is 8. The van der Waals surface area contributed by atoms with Gasteiger partial charge in [-0.1, -0.05) is 224 Å². The minimum atomic E-state index is 0.515. The second kappa shape index (κ2) is 23.9. The first-order valence-corrected chi connectivity index (χ1v) is 31.7. The lowest BCUT2D eigenvalue weighted by Gasteiger charge is -2.18. The molecule has 0 saturated heterocycles. The Bertz CT molecular complexity index is 5870. The van der Waals surface area contributed by atoms with Crippen molar-refractivity contribution >= 4 is 43.6 Å². The molecule has 0 radical (unpaired) electrons. The highest BCUT2D eigenvalue weighted by atomic mass is 15.1. The molecule has 0 aliphatic carbocycles. The summed E-state index contributed by atoms with van der Waals surface area (Å²) < 4.78 is 4.69. The van der Waals surface area contributed by atoms with Crippen LogP contribution < -0.4 is 0 Å². The summed E-state index contributed by atoms with van der Waals surface area (Å²) in [6.07, 6.45) is 0. The number of hydrogen-bond donors (Lipinski definition) is 0. The Morgan fingerprint density at radius 1 is 0.219 bits per heavy atom. The van der Waals surface area contributed by atoms with Crippen LogP contribution in [0.4, 0.5) is 0 Å². The van der Waals surface area contributed by atoms with Gasteiger partial charge in [0.1, 0.15) is 0 Å². The van der Waals surface area contributed by atoms with Crippen molar-refractivity contribution in [2.45, 2.75) is 0 Å². The molecular formula is C86H52N10.